The molecule has 0 bridgehead atoms. The minimum absolute atomic E-state index is 0.0414. The van der Waals surface area contributed by atoms with E-state index >= 15 is 0 Å². The number of pyridine rings is 1. The van der Waals surface area contributed by atoms with Crippen LogP contribution in [0.1, 0.15) is 31.4 Å². The number of nitrogens with two attached hydrogens (primary N) is 1. The van der Waals surface area contributed by atoms with Crippen LogP contribution in [0.4, 0.5) is 5.82 Å². The van der Waals surface area contributed by atoms with Crippen molar-refractivity contribution < 1.29 is 4.79 Å². The van der Waals surface area contributed by atoms with Crippen molar-refractivity contribution in [3.05, 3.63) is 23.9 Å². The molecule has 4 heteroatoms. The summed E-state index contributed by atoms with van der Waals surface area (Å²) in [5.41, 5.74) is 6.63. The first-order chi connectivity index (χ1) is 7.57. The van der Waals surface area contributed by atoms with E-state index in [1.165, 1.54) is 0 Å². The Morgan fingerprint density at radius 2 is 2.31 bits per heavy atom. The van der Waals surface area contributed by atoms with Crippen LogP contribution >= 0.6 is 0 Å². The van der Waals surface area contributed by atoms with Gasteiger partial charge in [0.15, 0.2) is 0 Å². The summed E-state index contributed by atoms with van der Waals surface area (Å²) in [6.07, 6.45) is 3.42. The van der Waals surface area contributed by atoms with E-state index in [0.717, 1.165) is 25.0 Å². The van der Waals surface area contributed by atoms with E-state index in [4.69, 9.17) is 5.73 Å². The van der Waals surface area contributed by atoms with Crippen LogP contribution in [0.15, 0.2) is 18.2 Å². The molecular formula is C12H17N3O. The normalized spacial score (nSPS) is 17.6. The van der Waals surface area contributed by atoms with Gasteiger partial charge < -0.3 is 11.1 Å². The fraction of sp³-hybridized carbons (Fsp3) is 0.500. The minimum Gasteiger partial charge on any atom is -0.325 e. The Bertz CT molecular complexity index is 399. The monoisotopic (exact) mass is 219 g/mol. The fourth-order valence-corrected chi connectivity index (χ4v) is 1.93. The van der Waals surface area contributed by atoms with Gasteiger partial charge in [0.2, 0.25) is 5.91 Å². The lowest BCUT2D eigenvalue weighted by Crippen LogP contribution is -2.48. The third kappa shape index (κ3) is 2.58. The molecular weight excluding hydrogens is 202 g/mol. The quantitative estimate of drug-likeness (QED) is 0.811. The molecule has 2 rings (SSSR count). The number of amides is 1. The predicted octanol–water partition coefficient (Wildman–Crippen LogP) is 1.60. The highest BCUT2D eigenvalue weighted by molar-refractivity contribution is 5.90. The number of carbonyl (C=O) groups is 1. The summed E-state index contributed by atoms with van der Waals surface area (Å²) in [6, 6.07) is 5.56. The summed E-state index contributed by atoms with van der Waals surface area (Å²) in [7, 11) is 0. The summed E-state index contributed by atoms with van der Waals surface area (Å²) in [4.78, 5) is 15.9. The fourth-order valence-electron chi connectivity index (χ4n) is 1.93. The van der Waals surface area contributed by atoms with Gasteiger partial charge in [0.25, 0.3) is 0 Å². The minimum atomic E-state index is -0.270. The standard InChI is InChI=1S/C12H17N3O/c1-9-4-2-5-10(14-9)15-11(16)8-12(13)6-3-7-12/h2,4-5H,3,6-8,13H2,1H3,(H,14,15,16). The van der Waals surface area contributed by atoms with Crippen molar-refractivity contribution in [2.24, 2.45) is 5.73 Å². The van der Waals surface area contributed by atoms with E-state index in [9.17, 15) is 4.79 Å². The lowest BCUT2D eigenvalue weighted by atomic mass is 9.75. The van der Waals surface area contributed by atoms with Crippen LogP contribution in [0.25, 0.3) is 0 Å². The van der Waals surface area contributed by atoms with E-state index in [1.807, 2.05) is 19.1 Å². The zero-order valence-corrected chi connectivity index (χ0v) is 9.49. The number of aromatic nitrogens is 1. The second-order valence-corrected chi connectivity index (χ2v) is 4.61. The van der Waals surface area contributed by atoms with Gasteiger partial charge >= 0.3 is 0 Å². The van der Waals surface area contributed by atoms with Crippen molar-refractivity contribution in [2.75, 3.05) is 5.32 Å². The molecule has 1 aromatic heterocycles. The Morgan fingerprint density at radius 3 is 2.88 bits per heavy atom. The van der Waals surface area contributed by atoms with Crippen LogP contribution in [0.5, 0.6) is 0 Å². The van der Waals surface area contributed by atoms with E-state index in [0.29, 0.717) is 12.2 Å². The van der Waals surface area contributed by atoms with E-state index < -0.39 is 0 Å². The number of anilines is 1. The molecule has 0 radical (unpaired) electrons. The Hall–Kier alpha value is -1.42. The van der Waals surface area contributed by atoms with Gasteiger partial charge in [0.1, 0.15) is 5.82 Å². The van der Waals surface area contributed by atoms with Crippen LogP contribution in [0.3, 0.4) is 0 Å². The summed E-state index contributed by atoms with van der Waals surface area (Å²) >= 11 is 0. The van der Waals surface area contributed by atoms with Gasteiger partial charge in [0.05, 0.1) is 0 Å². The molecule has 0 aromatic carbocycles. The lowest BCUT2D eigenvalue weighted by molar-refractivity contribution is -0.118. The SMILES string of the molecule is Cc1cccc(NC(=O)CC2(N)CCC2)n1. The highest BCUT2D eigenvalue weighted by atomic mass is 16.1. The van der Waals surface area contributed by atoms with Crippen molar-refractivity contribution in [3.63, 3.8) is 0 Å². The van der Waals surface area contributed by atoms with Gasteiger partial charge in [-0.2, -0.15) is 0 Å². The number of hydrogen-bond donors (Lipinski definition) is 2. The molecule has 1 aliphatic carbocycles. The molecule has 1 saturated carbocycles. The summed E-state index contributed by atoms with van der Waals surface area (Å²) in [5, 5.41) is 2.78. The van der Waals surface area contributed by atoms with Gasteiger partial charge in [-0.15, -0.1) is 0 Å². The molecule has 1 aliphatic rings. The summed E-state index contributed by atoms with van der Waals surface area (Å²) < 4.78 is 0. The number of hydrogen-bond acceptors (Lipinski definition) is 3. The number of nitrogens with one attached hydrogen (secondary N) is 1. The van der Waals surface area contributed by atoms with Crippen molar-refractivity contribution >= 4 is 11.7 Å². The number of rotatable bonds is 3. The molecule has 4 nitrogen and oxygen atoms in total. The number of aryl methyl sites for hydroxylation is 1. The number of carbonyl (C=O) groups excluding carboxylic acids is 1. The molecule has 0 atom stereocenters. The van der Waals surface area contributed by atoms with Crippen molar-refractivity contribution in [3.8, 4) is 0 Å². The molecule has 1 fully saturated rings. The average Bonchev–Trinajstić information content (AvgIpc) is 2.15. The van der Waals surface area contributed by atoms with Gasteiger partial charge in [-0.25, -0.2) is 4.98 Å². The predicted molar refractivity (Wildman–Crippen MR) is 63.0 cm³/mol. The smallest absolute Gasteiger partial charge is 0.227 e. The van der Waals surface area contributed by atoms with E-state index in [2.05, 4.69) is 10.3 Å². The number of nitrogens with zero attached hydrogens (tertiary/aromatic N) is 1. The second kappa shape index (κ2) is 4.22. The topological polar surface area (TPSA) is 68.0 Å². The highest BCUT2D eigenvalue weighted by Gasteiger charge is 2.34. The molecule has 16 heavy (non-hydrogen) atoms. The lowest BCUT2D eigenvalue weighted by Gasteiger charge is -2.37. The van der Waals surface area contributed by atoms with E-state index in [1.54, 1.807) is 6.07 Å². The van der Waals surface area contributed by atoms with Crippen molar-refractivity contribution in [1.29, 1.82) is 0 Å². The van der Waals surface area contributed by atoms with Gasteiger partial charge in [0, 0.05) is 17.7 Å². The van der Waals surface area contributed by atoms with Crippen LogP contribution in [-0.4, -0.2) is 16.4 Å². The van der Waals surface area contributed by atoms with Crippen molar-refractivity contribution in [1.82, 2.24) is 4.98 Å². The van der Waals surface area contributed by atoms with Crippen LogP contribution in [0.2, 0.25) is 0 Å². The molecule has 0 saturated heterocycles. The van der Waals surface area contributed by atoms with Crippen LogP contribution in [-0.2, 0) is 4.79 Å². The van der Waals surface area contributed by atoms with Gasteiger partial charge in [-0.05, 0) is 38.3 Å². The molecule has 86 valence electrons. The zero-order valence-electron chi connectivity index (χ0n) is 9.49. The molecule has 1 aromatic rings. The summed E-state index contributed by atoms with van der Waals surface area (Å²) in [5.74, 6) is 0.563. The average molecular weight is 219 g/mol. The van der Waals surface area contributed by atoms with Crippen molar-refractivity contribution in [2.45, 2.75) is 38.1 Å². The molecule has 0 spiro atoms. The molecule has 3 N–H and O–H groups in total. The van der Waals surface area contributed by atoms with Gasteiger partial charge in [-0.1, -0.05) is 6.07 Å². The Labute approximate surface area is 95.3 Å². The Morgan fingerprint density at radius 1 is 1.56 bits per heavy atom. The third-order valence-electron chi connectivity index (χ3n) is 3.02. The first kappa shape index (κ1) is 11.1. The molecule has 1 amide bonds. The zero-order chi connectivity index (χ0) is 11.6. The molecule has 1 heterocycles. The largest absolute Gasteiger partial charge is 0.325 e. The molecule has 0 aliphatic heterocycles. The Kier molecular flexibility index (Phi) is 2.92. The maximum Gasteiger partial charge on any atom is 0.227 e. The first-order valence-corrected chi connectivity index (χ1v) is 5.60. The third-order valence-corrected chi connectivity index (χ3v) is 3.02. The first-order valence-electron chi connectivity index (χ1n) is 5.60. The highest BCUT2D eigenvalue weighted by Crippen LogP contribution is 2.32. The second-order valence-electron chi connectivity index (χ2n) is 4.61. The van der Waals surface area contributed by atoms with E-state index in [-0.39, 0.29) is 11.4 Å². The summed E-state index contributed by atoms with van der Waals surface area (Å²) in [6.45, 7) is 1.89. The maximum absolute atomic E-state index is 11.7. The molecule has 0 unspecified atom stereocenters. The van der Waals surface area contributed by atoms with Crippen LogP contribution < -0.4 is 11.1 Å². The van der Waals surface area contributed by atoms with Gasteiger partial charge in [-0.3, -0.25) is 4.79 Å². The maximum atomic E-state index is 11.7. The van der Waals surface area contributed by atoms with Crippen LogP contribution in [0, 0.1) is 6.92 Å². The Balaban J connectivity index is 1.92.